The van der Waals surface area contributed by atoms with Crippen LogP contribution in [0.25, 0.3) is 0 Å². The molecule has 0 aromatic rings. The molecule has 0 saturated heterocycles. The normalized spacial score (nSPS) is 13.5. The van der Waals surface area contributed by atoms with E-state index in [1.807, 2.05) is 0 Å². The van der Waals surface area contributed by atoms with Gasteiger partial charge in [-0.15, -0.1) is 6.58 Å². The lowest BCUT2D eigenvalue weighted by molar-refractivity contribution is 0.341. The molecule has 1 atom stereocenters. The standard InChI is InChI=1S/C8H17N3O3S/c1-4-5-14-15(12,13)7(6(2)3)11-8(9)10/h4,6-7H,1,5H2,2-3H3,(H4,9,10,11). The average Bonchev–Trinajstić information content (AvgIpc) is 2.10. The molecule has 15 heavy (non-hydrogen) atoms. The largest absolute Gasteiger partial charge is 0.370 e. The molecule has 0 radical (unpaired) electrons. The third-order valence-corrected chi connectivity index (χ3v) is 3.20. The molecular weight excluding hydrogens is 218 g/mol. The maximum absolute atomic E-state index is 11.6. The van der Waals surface area contributed by atoms with Crippen LogP contribution in [0.3, 0.4) is 0 Å². The fourth-order valence-corrected chi connectivity index (χ4v) is 2.25. The Labute approximate surface area is 90.1 Å². The Morgan fingerprint density at radius 3 is 2.40 bits per heavy atom. The maximum atomic E-state index is 11.6. The van der Waals surface area contributed by atoms with E-state index in [4.69, 9.17) is 11.5 Å². The van der Waals surface area contributed by atoms with Crippen LogP contribution in [0.5, 0.6) is 0 Å². The van der Waals surface area contributed by atoms with Crippen LogP contribution in [-0.4, -0.2) is 26.4 Å². The lowest BCUT2D eigenvalue weighted by atomic mass is 10.2. The van der Waals surface area contributed by atoms with Gasteiger partial charge < -0.3 is 11.5 Å². The van der Waals surface area contributed by atoms with Crippen LogP contribution in [0.4, 0.5) is 0 Å². The Morgan fingerprint density at radius 2 is 2.07 bits per heavy atom. The van der Waals surface area contributed by atoms with Crippen molar-refractivity contribution in [2.75, 3.05) is 6.61 Å². The van der Waals surface area contributed by atoms with Gasteiger partial charge >= 0.3 is 0 Å². The van der Waals surface area contributed by atoms with Crippen LogP contribution < -0.4 is 11.5 Å². The van der Waals surface area contributed by atoms with E-state index < -0.39 is 15.5 Å². The maximum Gasteiger partial charge on any atom is 0.291 e. The van der Waals surface area contributed by atoms with Crippen molar-refractivity contribution in [1.82, 2.24) is 0 Å². The third kappa shape index (κ3) is 4.80. The number of hydrogen-bond acceptors (Lipinski definition) is 4. The molecule has 0 rings (SSSR count). The molecule has 1 unspecified atom stereocenters. The van der Waals surface area contributed by atoms with E-state index in [9.17, 15) is 8.42 Å². The molecule has 0 aliphatic rings. The van der Waals surface area contributed by atoms with Gasteiger partial charge in [-0.25, -0.2) is 4.99 Å². The summed E-state index contributed by atoms with van der Waals surface area (Å²) in [5.41, 5.74) is 10.3. The minimum absolute atomic E-state index is 0.0917. The van der Waals surface area contributed by atoms with E-state index in [0.717, 1.165) is 0 Å². The Hall–Kier alpha value is -1.08. The third-order valence-electron chi connectivity index (χ3n) is 1.49. The molecule has 0 heterocycles. The van der Waals surface area contributed by atoms with Gasteiger partial charge in [-0.1, -0.05) is 19.9 Å². The number of rotatable bonds is 6. The number of nitrogens with two attached hydrogens (primary N) is 2. The van der Waals surface area contributed by atoms with Crippen LogP contribution in [-0.2, 0) is 14.3 Å². The predicted octanol–water partition coefficient (Wildman–Crippen LogP) is -0.226. The first-order valence-corrected chi connectivity index (χ1v) is 5.86. The summed E-state index contributed by atoms with van der Waals surface area (Å²) in [5.74, 6) is -0.554. The van der Waals surface area contributed by atoms with Gasteiger partial charge in [-0.05, 0) is 5.92 Å². The molecule has 0 aliphatic heterocycles. The fraction of sp³-hybridized carbons (Fsp3) is 0.625. The van der Waals surface area contributed by atoms with Crippen molar-refractivity contribution in [1.29, 1.82) is 0 Å². The van der Waals surface area contributed by atoms with E-state index >= 15 is 0 Å². The first-order valence-electron chi connectivity index (χ1n) is 4.39. The van der Waals surface area contributed by atoms with Crippen molar-refractivity contribution in [3.8, 4) is 0 Å². The summed E-state index contributed by atoms with van der Waals surface area (Å²) in [6.07, 6.45) is 1.34. The number of hydrogen-bond donors (Lipinski definition) is 2. The van der Waals surface area contributed by atoms with Crippen molar-refractivity contribution in [3.05, 3.63) is 12.7 Å². The van der Waals surface area contributed by atoms with Crippen molar-refractivity contribution in [2.24, 2.45) is 22.4 Å². The number of nitrogens with zero attached hydrogens (tertiary/aromatic N) is 1. The fourth-order valence-electron chi connectivity index (χ4n) is 0.907. The lowest BCUT2D eigenvalue weighted by Crippen LogP contribution is -2.33. The highest BCUT2D eigenvalue weighted by Crippen LogP contribution is 2.15. The molecule has 0 aliphatic carbocycles. The minimum Gasteiger partial charge on any atom is -0.370 e. The molecule has 0 amide bonds. The van der Waals surface area contributed by atoms with Crippen molar-refractivity contribution in [2.45, 2.75) is 19.2 Å². The average molecular weight is 235 g/mol. The SMILES string of the molecule is C=CCOS(=O)(=O)C(N=C(N)N)C(C)C. The Balaban J connectivity index is 4.91. The molecule has 0 aromatic heterocycles. The Morgan fingerprint density at radius 1 is 1.53 bits per heavy atom. The number of guanidine groups is 1. The summed E-state index contributed by atoms with van der Waals surface area (Å²) in [4.78, 5) is 3.63. The molecule has 0 fully saturated rings. The zero-order valence-corrected chi connectivity index (χ0v) is 9.70. The van der Waals surface area contributed by atoms with Crippen LogP contribution in [0.1, 0.15) is 13.8 Å². The van der Waals surface area contributed by atoms with E-state index in [1.54, 1.807) is 13.8 Å². The van der Waals surface area contributed by atoms with Gasteiger partial charge in [0.2, 0.25) is 0 Å². The van der Waals surface area contributed by atoms with E-state index in [1.165, 1.54) is 6.08 Å². The van der Waals surface area contributed by atoms with Crippen LogP contribution in [0, 0.1) is 5.92 Å². The van der Waals surface area contributed by atoms with Gasteiger partial charge in [0, 0.05) is 0 Å². The zero-order valence-electron chi connectivity index (χ0n) is 8.88. The van der Waals surface area contributed by atoms with E-state index in [0.29, 0.717) is 0 Å². The molecule has 0 spiro atoms. The highest BCUT2D eigenvalue weighted by Gasteiger charge is 2.29. The van der Waals surface area contributed by atoms with Crippen LogP contribution in [0.2, 0.25) is 0 Å². The molecule has 7 heteroatoms. The Kier molecular flexibility index (Phi) is 5.31. The summed E-state index contributed by atoms with van der Waals surface area (Å²) in [5, 5.41) is -1.08. The molecule has 88 valence electrons. The molecule has 0 aromatic carbocycles. The van der Waals surface area contributed by atoms with Gasteiger partial charge in [0.15, 0.2) is 11.3 Å². The van der Waals surface area contributed by atoms with E-state index in [-0.39, 0.29) is 18.5 Å². The minimum atomic E-state index is -3.80. The van der Waals surface area contributed by atoms with Gasteiger partial charge in [0.05, 0.1) is 6.61 Å². The van der Waals surface area contributed by atoms with Gasteiger partial charge in [-0.3, -0.25) is 4.18 Å². The summed E-state index contributed by atoms with van der Waals surface area (Å²) in [6.45, 7) is 6.64. The Bertz CT molecular complexity index is 331. The lowest BCUT2D eigenvalue weighted by Gasteiger charge is -2.16. The second-order valence-corrected chi connectivity index (χ2v) is 4.96. The van der Waals surface area contributed by atoms with Gasteiger partial charge in [-0.2, -0.15) is 8.42 Å². The van der Waals surface area contributed by atoms with Crippen LogP contribution in [0.15, 0.2) is 17.6 Å². The van der Waals surface area contributed by atoms with Crippen molar-refractivity contribution < 1.29 is 12.6 Å². The van der Waals surface area contributed by atoms with E-state index in [2.05, 4.69) is 15.8 Å². The highest BCUT2D eigenvalue weighted by atomic mass is 32.2. The molecule has 0 bridgehead atoms. The van der Waals surface area contributed by atoms with Crippen molar-refractivity contribution >= 4 is 16.1 Å². The summed E-state index contributed by atoms with van der Waals surface area (Å²) < 4.78 is 27.8. The first kappa shape index (κ1) is 13.9. The quantitative estimate of drug-likeness (QED) is 0.286. The smallest absolute Gasteiger partial charge is 0.291 e. The van der Waals surface area contributed by atoms with Gasteiger partial charge in [0.1, 0.15) is 0 Å². The molecule has 6 nitrogen and oxygen atoms in total. The number of aliphatic imine (C=N–C) groups is 1. The molecule has 4 N–H and O–H groups in total. The molecular formula is C8H17N3O3S. The second kappa shape index (κ2) is 5.72. The second-order valence-electron chi connectivity index (χ2n) is 3.25. The van der Waals surface area contributed by atoms with Crippen LogP contribution >= 0.6 is 0 Å². The van der Waals surface area contributed by atoms with Crippen molar-refractivity contribution in [3.63, 3.8) is 0 Å². The summed E-state index contributed by atoms with van der Waals surface area (Å²) in [6, 6.07) is 0. The van der Waals surface area contributed by atoms with Gasteiger partial charge in [0.25, 0.3) is 10.1 Å². The zero-order chi connectivity index (χ0) is 12.1. The summed E-state index contributed by atoms with van der Waals surface area (Å²) >= 11 is 0. The first-order chi connectivity index (χ1) is 6.81. The molecule has 0 saturated carbocycles. The monoisotopic (exact) mass is 235 g/mol. The topological polar surface area (TPSA) is 108 Å². The predicted molar refractivity (Wildman–Crippen MR) is 59.5 cm³/mol. The summed E-state index contributed by atoms with van der Waals surface area (Å²) in [7, 11) is -3.80. The highest BCUT2D eigenvalue weighted by molar-refractivity contribution is 7.87.